The Morgan fingerprint density at radius 1 is 1.25 bits per heavy atom. The molecule has 0 aromatic carbocycles. The summed E-state index contributed by atoms with van der Waals surface area (Å²) in [6, 6.07) is 1.99. The van der Waals surface area contributed by atoms with Crippen molar-refractivity contribution in [3.63, 3.8) is 0 Å². The Kier molecular flexibility index (Phi) is 3.78. The molecule has 20 heavy (non-hydrogen) atoms. The van der Waals surface area contributed by atoms with Crippen LogP contribution in [0.5, 0.6) is 0 Å². The fraction of sp³-hybridized carbons (Fsp3) is 0.750. The Hall–Kier alpha value is -0.640. The fourth-order valence-corrected chi connectivity index (χ4v) is 4.09. The summed E-state index contributed by atoms with van der Waals surface area (Å²) in [7, 11) is 0. The van der Waals surface area contributed by atoms with E-state index in [0.29, 0.717) is 0 Å². The van der Waals surface area contributed by atoms with E-state index < -0.39 is 0 Å². The third kappa shape index (κ3) is 3.00. The first-order valence-electron chi connectivity index (χ1n) is 7.71. The molecular formula is C16H24BrN3. The van der Waals surface area contributed by atoms with Crippen molar-refractivity contribution in [1.82, 2.24) is 9.97 Å². The van der Waals surface area contributed by atoms with Crippen molar-refractivity contribution in [2.24, 2.45) is 17.8 Å². The molecule has 2 aliphatic carbocycles. The van der Waals surface area contributed by atoms with Crippen LogP contribution in [-0.2, 0) is 5.41 Å². The van der Waals surface area contributed by atoms with Crippen molar-refractivity contribution in [3.8, 4) is 0 Å². The molecule has 2 aliphatic rings. The molecular weight excluding hydrogens is 314 g/mol. The number of halogens is 1. The number of rotatable bonds is 3. The van der Waals surface area contributed by atoms with Gasteiger partial charge in [-0.3, -0.25) is 0 Å². The molecule has 1 N–H and O–H groups in total. The molecule has 3 nitrogen and oxygen atoms in total. The maximum atomic E-state index is 4.68. The minimum Gasteiger partial charge on any atom is -0.370 e. The summed E-state index contributed by atoms with van der Waals surface area (Å²) in [5.74, 6) is 4.66. The van der Waals surface area contributed by atoms with Crippen molar-refractivity contribution < 1.29 is 0 Å². The Bertz CT molecular complexity index is 495. The van der Waals surface area contributed by atoms with Crippen LogP contribution in [0.15, 0.2) is 10.7 Å². The Morgan fingerprint density at radius 3 is 2.65 bits per heavy atom. The van der Waals surface area contributed by atoms with Gasteiger partial charge in [0.05, 0.1) is 0 Å². The predicted octanol–water partition coefficient (Wildman–Crippen LogP) is 4.38. The van der Waals surface area contributed by atoms with Gasteiger partial charge in [0.25, 0.3) is 0 Å². The summed E-state index contributed by atoms with van der Waals surface area (Å²) in [4.78, 5) is 9.16. The van der Waals surface area contributed by atoms with E-state index in [1.165, 1.54) is 25.7 Å². The maximum absolute atomic E-state index is 4.68. The van der Waals surface area contributed by atoms with Gasteiger partial charge in [0.1, 0.15) is 16.2 Å². The van der Waals surface area contributed by atoms with Crippen molar-refractivity contribution in [1.29, 1.82) is 0 Å². The molecule has 1 aromatic rings. The van der Waals surface area contributed by atoms with Crippen LogP contribution >= 0.6 is 15.9 Å². The first-order chi connectivity index (χ1) is 9.41. The standard InChI is InChI=1S/C16H24BrN3/c1-16(2,3)15-19-13(17)8-14(20-15)18-9-12-7-10-4-5-11(12)6-10/h8,10-12H,4-7,9H2,1-3H3,(H,18,19,20). The summed E-state index contributed by atoms with van der Waals surface area (Å²) in [5, 5.41) is 3.54. The summed E-state index contributed by atoms with van der Waals surface area (Å²) in [6.07, 6.45) is 5.79. The molecule has 0 amide bonds. The SMILES string of the molecule is CC(C)(C)c1nc(Br)cc(NCC2CC3CCC2C3)n1. The molecule has 110 valence electrons. The fourth-order valence-electron chi connectivity index (χ4n) is 3.71. The van der Waals surface area contributed by atoms with Crippen LogP contribution in [0.1, 0.15) is 52.3 Å². The largest absolute Gasteiger partial charge is 0.370 e. The van der Waals surface area contributed by atoms with Crippen molar-refractivity contribution in [2.45, 2.75) is 51.9 Å². The normalized spacial score (nSPS) is 28.9. The lowest BCUT2D eigenvalue weighted by molar-refractivity contribution is 0.348. The highest BCUT2D eigenvalue weighted by atomic mass is 79.9. The quantitative estimate of drug-likeness (QED) is 0.831. The monoisotopic (exact) mass is 337 g/mol. The molecule has 1 aromatic heterocycles. The number of nitrogens with zero attached hydrogens (tertiary/aromatic N) is 2. The van der Waals surface area contributed by atoms with Crippen LogP contribution < -0.4 is 5.32 Å². The molecule has 2 saturated carbocycles. The second-order valence-electron chi connectivity index (χ2n) is 7.47. The number of aromatic nitrogens is 2. The lowest BCUT2D eigenvalue weighted by atomic mass is 9.89. The van der Waals surface area contributed by atoms with Gasteiger partial charge in [0, 0.05) is 18.0 Å². The lowest BCUT2D eigenvalue weighted by Gasteiger charge is -2.23. The van der Waals surface area contributed by atoms with E-state index in [2.05, 4.69) is 52.0 Å². The molecule has 2 bridgehead atoms. The molecule has 3 unspecified atom stereocenters. The Morgan fingerprint density at radius 2 is 2.05 bits per heavy atom. The minimum atomic E-state index is -0.0212. The van der Waals surface area contributed by atoms with Crippen LogP contribution in [0.25, 0.3) is 0 Å². The molecule has 1 heterocycles. The van der Waals surface area contributed by atoms with E-state index >= 15 is 0 Å². The number of fused-ring (bicyclic) bond motifs is 2. The molecule has 3 rings (SSSR count). The van der Waals surface area contributed by atoms with Gasteiger partial charge >= 0.3 is 0 Å². The van der Waals surface area contributed by atoms with Gasteiger partial charge in [0.15, 0.2) is 0 Å². The van der Waals surface area contributed by atoms with Crippen LogP contribution in [0.3, 0.4) is 0 Å². The Balaban J connectivity index is 1.67. The van der Waals surface area contributed by atoms with Crippen LogP contribution in [-0.4, -0.2) is 16.5 Å². The van der Waals surface area contributed by atoms with Crippen molar-refractivity contribution >= 4 is 21.7 Å². The van der Waals surface area contributed by atoms with Crippen LogP contribution in [0, 0.1) is 17.8 Å². The number of hydrogen-bond acceptors (Lipinski definition) is 3. The summed E-state index contributed by atoms with van der Waals surface area (Å²) < 4.78 is 0.868. The smallest absolute Gasteiger partial charge is 0.137 e. The molecule has 0 spiro atoms. The first-order valence-corrected chi connectivity index (χ1v) is 8.50. The highest BCUT2D eigenvalue weighted by molar-refractivity contribution is 9.10. The molecule has 0 saturated heterocycles. The van der Waals surface area contributed by atoms with E-state index in [9.17, 15) is 0 Å². The van der Waals surface area contributed by atoms with E-state index in [0.717, 1.165) is 40.5 Å². The van der Waals surface area contributed by atoms with Gasteiger partial charge in [-0.25, -0.2) is 9.97 Å². The highest BCUT2D eigenvalue weighted by Crippen LogP contribution is 2.48. The Labute approximate surface area is 130 Å². The van der Waals surface area contributed by atoms with Crippen LogP contribution in [0.2, 0.25) is 0 Å². The first kappa shape index (κ1) is 14.3. The van der Waals surface area contributed by atoms with Gasteiger partial charge in [-0.1, -0.05) is 27.2 Å². The van der Waals surface area contributed by atoms with Crippen molar-refractivity contribution in [2.75, 3.05) is 11.9 Å². The average molecular weight is 338 g/mol. The van der Waals surface area contributed by atoms with E-state index in [1.54, 1.807) is 0 Å². The zero-order valence-electron chi connectivity index (χ0n) is 12.6. The second kappa shape index (κ2) is 5.28. The number of anilines is 1. The summed E-state index contributed by atoms with van der Waals surface area (Å²) in [6.45, 7) is 7.51. The highest BCUT2D eigenvalue weighted by Gasteiger charge is 2.39. The van der Waals surface area contributed by atoms with E-state index in [-0.39, 0.29) is 5.41 Å². The van der Waals surface area contributed by atoms with Gasteiger partial charge in [-0.05, 0) is 52.9 Å². The molecule has 3 atom stereocenters. The average Bonchev–Trinajstić information content (AvgIpc) is 2.96. The second-order valence-corrected chi connectivity index (χ2v) is 8.28. The number of nitrogens with one attached hydrogen (secondary N) is 1. The lowest BCUT2D eigenvalue weighted by Crippen LogP contribution is -2.22. The number of hydrogen-bond donors (Lipinski definition) is 1. The van der Waals surface area contributed by atoms with Crippen molar-refractivity contribution in [3.05, 3.63) is 16.5 Å². The van der Waals surface area contributed by atoms with Crippen LogP contribution in [0.4, 0.5) is 5.82 Å². The van der Waals surface area contributed by atoms with E-state index in [4.69, 9.17) is 0 Å². The molecule has 4 heteroatoms. The third-order valence-electron chi connectivity index (χ3n) is 4.80. The zero-order valence-corrected chi connectivity index (χ0v) is 14.2. The van der Waals surface area contributed by atoms with Gasteiger partial charge in [-0.15, -0.1) is 0 Å². The topological polar surface area (TPSA) is 37.8 Å². The zero-order chi connectivity index (χ0) is 14.3. The molecule has 0 aliphatic heterocycles. The van der Waals surface area contributed by atoms with Gasteiger partial charge in [-0.2, -0.15) is 0 Å². The minimum absolute atomic E-state index is 0.0212. The summed E-state index contributed by atoms with van der Waals surface area (Å²) in [5.41, 5.74) is -0.0212. The molecule has 2 fully saturated rings. The van der Waals surface area contributed by atoms with E-state index in [1.807, 2.05) is 6.07 Å². The third-order valence-corrected chi connectivity index (χ3v) is 5.20. The summed E-state index contributed by atoms with van der Waals surface area (Å²) >= 11 is 3.50. The predicted molar refractivity (Wildman–Crippen MR) is 85.9 cm³/mol. The van der Waals surface area contributed by atoms with Gasteiger partial charge < -0.3 is 5.32 Å². The molecule has 0 radical (unpaired) electrons. The van der Waals surface area contributed by atoms with Gasteiger partial charge in [0.2, 0.25) is 0 Å². The maximum Gasteiger partial charge on any atom is 0.137 e.